The molecule has 0 saturated carbocycles. The van der Waals surface area contributed by atoms with Crippen molar-refractivity contribution in [2.24, 2.45) is 14.1 Å². The smallest absolute Gasteiger partial charge is 0.343 e. The van der Waals surface area contributed by atoms with E-state index in [0.717, 1.165) is 27.3 Å². The van der Waals surface area contributed by atoms with E-state index in [2.05, 4.69) is 10.2 Å². The van der Waals surface area contributed by atoms with Crippen LogP contribution in [0.3, 0.4) is 0 Å². The topological polar surface area (TPSA) is 138 Å². The molecule has 1 unspecified atom stereocenters. The van der Waals surface area contributed by atoms with Crippen molar-refractivity contribution in [3.05, 3.63) is 36.9 Å². The number of nitrogens with two attached hydrogens (primary N) is 1. The number of nitrogens with one attached hydrogen (secondary N) is 1. The highest BCUT2D eigenvalue weighted by Gasteiger charge is 2.26. The zero-order valence-electron chi connectivity index (χ0n) is 14.4. The lowest BCUT2D eigenvalue weighted by molar-refractivity contribution is 0.0992. The molecule has 11 heteroatoms. The first-order chi connectivity index (χ1) is 11.7. The molecule has 0 saturated heterocycles. The fraction of sp³-hybridized carbons (Fsp3) is 0.500. The van der Waals surface area contributed by atoms with Crippen molar-refractivity contribution in [3.8, 4) is 0 Å². The van der Waals surface area contributed by atoms with Crippen molar-refractivity contribution in [1.29, 1.82) is 0 Å². The zero-order chi connectivity index (χ0) is 18.9. The molecule has 136 valence electrons. The van der Waals surface area contributed by atoms with E-state index < -0.39 is 22.3 Å². The highest BCUT2D eigenvalue weighted by atomic mass is 32.2. The summed E-state index contributed by atoms with van der Waals surface area (Å²) in [5.41, 5.74) is 3.85. The molecular formula is C14H20N6O4S. The number of ketones is 1. The second-order valence-electron chi connectivity index (χ2n) is 5.55. The molecule has 3 N–H and O–H groups in total. The molecule has 25 heavy (non-hydrogen) atoms. The highest BCUT2D eigenvalue weighted by Crippen LogP contribution is 2.23. The number of carbonyl (C=O) groups is 1. The summed E-state index contributed by atoms with van der Waals surface area (Å²) in [5.74, 6) is -0.712. The SMILES string of the molecule is CCCn1c(SC(C)C(=O)c2c(N)n(C)c(=O)n(C)c2=O)n[nH]c1=O. The van der Waals surface area contributed by atoms with Crippen LogP contribution < -0.4 is 22.7 Å². The number of carbonyl (C=O) groups excluding carboxylic acids is 1. The summed E-state index contributed by atoms with van der Waals surface area (Å²) in [6, 6.07) is 0. The first-order valence-electron chi connectivity index (χ1n) is 7.62. The largest absolute Gasteiger partial charge is 0.384 e. The monoisotopic (exact) mass is 368 g/mol. The van der Waals surface area contributed by atoms with Crippen molar-refractivity contribution in [2.75, 3.05) is 5.73 Å². The van der Waals surface area contributed by atoms with Crippen LogP contribution in [0.25, 0.3) is 0 Å². The number of H-pyrrole nitrogens is 1. The Morgan fingerprint density at radius 3 is 2.52 bits per heavy atom. The van der Waals surface area contributed by atoms with Gasteiger partial charge in [0, 0.05) is 20.6 Å². The van der Waals surface area contributed by atoms with Crippen LogP contribution in [0.5, 0.6) is 0 Å². The molecule has 0 aliphatic carbocycles. The third-order valence-corrected chi connectivity index (χ3v) is 4.87. The summed E-state index contributed by atoms with van der Waals surface area (Å²) in [6.45, 7) is 3.96. The van der Waals surface area contributed by atoms with E-state index in [-0.39, 0.29) is 17.1 Å². The lowest BCUT2D eigenvalue weighted by Gasteiger charge is -2.14. The Morgan fingerprint density at radius 1 is 1.28 bits per heavy atom. The van der Waals surface area contributed by atoms with E-state index >= 15 is 0 Å². The molecule has 0 bridgehead atoms. The number of nitrogens with zero attached hydrogens (tertiary/aromatic N) is 4. The second kappa shape index (κ2) is 7.13. The minimum atomic E-state index is -0.744. The minimum Gasteiger partial charge on any atom is -0.384 e. The summed E-state index contributed by atoms with van der Waals surface area (Å²) in [4.78, 5) is 48.6. The quantitative estimate of drug-likeness (QED) is 0.509. The van der Waals surface area contributed by atoms with E-state index in [1.165, 1.54) is 18.7 Å². The molecule has 0 amide bonds. The maximum Gasteiger partial charge on any atom is 0.343 e. The average Bonchev–Trinajstić information content (AvgIpc) is 2.92. The Bertz CT molecular complexity index is 983. The van der Waals surface area contributed by atoms with Crippen LogP contribution in [0.4, 0.5) is 5.82 Å². The molecular weight excluding hydrogens is 348 g/mol. The summed E-state index contributed by atoms with van der Waals surface area (Å²) < 4.78 is 3.31. The van der Waals surface area contributed by atoms with Crippen molar-refractivity contribution in [3.63, 3.8) is 0 Å². The van der Waals surface area contributed by atoms with Gasteiger partial charge in [0.1, 0.15) is 11.4 Å². The lowest BCUT2D eigenvalue weighted by Crippen LogP contribution is -2.42. The van der Waals surface area contributed by atoms with Gasteiger partial charge in [0.05, 0.1) is 5.25 Å². The van der Waals surface area contributed by atoms with Gasteiger partial charge in [0.25, 0.3) is 5.56 Å². The van der Waals surface area contributed by atoms with Crippen molar-refractivity contribution in [1.82, 2.24) is 23.9 Å². The van der Waals surface area contributed by atoms with Crippen LogP contribution in [0, 0.1) is 0 Å². The molecule has 2 heterocycles. The number of rotatable bonds is 6. The molecule has 0 fully saturated rings. The Morgan fingerprint density at radius 2 is 1.92 bits per heavy atom. The zero-order valence-corrected chi connectivity index (χ0v) is 15.2. The lowest BCUT2D eigenvalue weighted by atomic mass is 10.1. The normalized spacial score (nSPS) is 12.3. The minimum absolute atomic E-state index is 0.182. The van der Waals surface area contributed by atoms with Gasteiger partial charge in [-0.25, -0.2) is 14.7 Å². The molecule has 1 atom stereocenters. The molecule has 2 rings (SSSR count). The summed E-state index contributed by atoms with van der Waals surface area (Å²) in [5, 5.41) is 5.89. The van der Waals surface area contributed by atoms with Crippen LogP contribution in [0.1, 0.15) is 30.6 Å². The Hall–Kier alpha value is -2.56. The number of anilines is 1. The number of hydrogen-bond donors (Lipinski definition) is 2. The highest BCUT2D eigenvalue weighted by molar-refractivity contribution is 8.00. The molecule has 0 spiro atoms. The van der Waals surface area contributed by atoms with Gasteiger partial charge in [-0.15, -0.1) is 5.10 Å². The maximum absolute atomic E-state index is 12.7. The van der Waals surface area contributed by atoms with Crippen LogP contribution in [0.15, 0.2) is 19.5 Å². The van der Waals surface area contributed by atoms with Gasteiger partial charge in [-0.1, -0.05) is 18.7 Å². The van der Waals surface area contributed by atoms with Crippen LogP contribution in [-0.4, -0.2) is 34.9 Å². The van der Waals surface area contributed by atoms with E-state index in [1.807, 2.05) is 6.92 Å². The summed E-state index contributed by atoms with van der Waals surface area (Å²) in [7, 11) is 2.67. The standard InChI is InChI=1S/C14H20N6O4S/c1-5-6-20-12(23)16-17-13(20)25-7(2)9(21)8-10(15)18(3)14(24)19(4)11(8)22/h7H,5-6,15H2,1-4H3,(H,16,23). The fourth-order valence-corrected chi connectivity index (χ4v) is 3.26. The van der Waals surface area contributed by atoms with Gasteiger partial charge in [-0.2, -0.15) is 0 Å². The van der Waals surface area contributed by atoms with Gasteiger partial charge in [-0.05, 0) is 13.3 Å². The molecule has 0 aliphatic rings. The van der Waals surface area contributed by atoms with Crippen molar-refractivity contribution in [2.45, 2.75) is 37.2 Å². The van der Waals surface area contributed by atoms with Crippen LogP contribution >= 0.6 is 11.8 Å². The van der Waals surface area contributed by atoms with Gasteiger partial charge >= 0.3 is 11.4 Å². The summed E-state index contributed by atoms with van der Waals surface area (Å²) in [6.07, 6.45) is 0.726. The van der Waals surface area contributed by atoms with Crippen LogP contribution in [0.2, 0.25) is 0 Å². The van der Waals surface area contributed by atoms with E-state index in [0.29, 0.717) is 11.7 Å². The first kappa shape index (κ1) is 18.8. The number of nitrogen functional groups attached to an aromatic ring is 1. The van der Waals surface area contributed by atoms with Gasteiger partial charge in [0.2, 0.25) is 0 Å². The molecule has 0 aromatic carbocycles. The van der Waals surface area contributed by atoms with E-state index in [1.54, 1.807) is 6.92 Å². The fourth-order valence-electron chi connectivity index (χ4n) is 2.32. The third kappa shape index (κ3) is 3.31. The van der Waals surface area contributed by atoms with Crippen LogP contribution in [-0.2, 0) is 20.6 Å². The van der Waals surface area contributed by atoms with Gasteiger partial charge in [0.15, 0.2) is 10.9 Å². The number of aromatic amines is 1. The summed E-state index contributed by atoms with van der Waals surface area (Å²) >= 11 is 1.05. The van der Waals surface area contributed by atoms with Gasteiger partial charge < -0.3 is 5.73 Å². The molecule has 0 radical (unpaired) electrons. The molecule has 0 aliphatic heterocycles. The number of thioether (sulfide) groups is 1. The predicted octanol–water partition coefficient (Wildman–Crippen LogP) is -0.675. The number of hydrogen-bond acceptors (Lipinski definition) is 7. The molecule has 2 aromatic rings. The van der Waals surface area contributed by atoms with Crippen molar-refractivity contribution < 1.29 is 4.79 Å². The Labute approximate surface area is 146 Å². The third-order valence-electron chi connectivity index (χ3n) is 3.78. The second-order valence-corrected chi connectivity index (χ2v) is 6.86. The number of Topliss-reactive ketones (excluding diaryl/α,β-unsaturated/α-hetero) is 1. The first-order valence-corrected chi connectivity index (χ1v) is 8.50. The van der Waals surface area contributed by atoms with E-state index in [4.69, 9.17) is 5.73 Å². The Balaban J connectivity index is 2.41. The number of aromatic nitrogens is 5. The Kier molecular flexibility index (Phi) is 5.36. The van der Waals surface area contributed by atoms with E-state index in [9.17, 15) is 19.2 Å². The maximum atomic E-state index is 12.7. The predicted molar refractivity (Wildman–Crippen MR) is 94.1 cm³/mol. The average molecular weight is 368 g/mol. The van der Waals surface area contributed by atoms with Gasteiger partial charge in [-0.3, -0.25) is 23.3 Å². The molecule has 10 nitrogen and oxygen atoms in total. The van der Waals surface area contributed by atoms with Crippen molar-refractivity contribution >= 4 is 23.4 Å². The molecule has 2 aromatic heterocycles.